The third kappa shape index (κ3) is 2.86. The summed E-state index contributed by atoms with van der Waals surface area (Å²) in [6.45, 7) is 0.879. The molecule has 4 rings (SSSR count). The SMILES string of the molecule is c1ccc(C[n+]2ccccc2-c2ccc3ccccc3c2)cc1. The van der Waals surface area contributed by atoms with Crippen LogP contribution in [0.5, 0.6) is 0 Å². The second kappa shape index (κ2) is 6.05. The van der Waals surface area contributed by atoms with Crippen LogP contribution in [0.4, 0.5) is 0 Å². The maximum Gasteiger partial charge on any atom is 0.212 e. The summed E-state index contributed by atoms with van der Waals surface area (Å²) in [5, 5.41) is 2.56. The highest BCUT2D eigenvalue weighted by atomic mass is 15.0. The molecule has 1 aromatic heterocycles. The monoisotopic (exact) mass is 296 g/mol. The quantitative estimate of drug-likeness (QED) is 0.476. The van der Waals surface area contributed by atoms with Crippen LogP contribution < -0.4 is 4.57 Å². The van der Waals surface area contributed by atoms with Gasteiger partial charge in [0.2, 0.25) is 5.69 Å². The van der Waals surface area contributed by atoms with Crippen LogP contribution in [0, 0.1) is 0 Å². The van der Waals surface area contributed by atoms with Crippen molar-refractivity contribution < 1.29 is 4.57 Å². The molecular formula is C22H18N+. The number of hydrogen-bond acceptors (Lipinski definition) is 0. The lowest BCUT2D eigenvalue weighted by Crippen LogP contribution is -2.36. The van der Waals surface area contributed by atoms with Gasteiger partial charge in [-0.25, -0.2) is 0 Å². The molecule has 0 spiro atoms. The number of benzene rings is 3. The van der Waals surface area contributed by atoms with E-state index in [1.54, 1.807) is 0 Å². The van der Waals surface area contributed by atoms with Gasteiger partial charge in [0.25, 0.3) is 0 Å². The van der Waals surface area contributed by atoms with Gasteiger partial charge in [-0.05, 0) is 29.0 Å². The van der Waals surface area contributed by atoms with Crippen LogP contribution in [0.2, 0.25) is 0 Å². The zero-order valence-electron chi connectivity index (χ0n) is 12.9. The van der Waals surface area contributed by atoms with Gasteiger partial charge in [-0.3, -0.25) is 0 Å². The normalized spacial score (nSPS) is 10.8. The number of rotatable bonds is 3. The Balaban J connectivity index is 1.78. The Hall–Kier alpha value is -2.93. The van der Waals surface area contributed by atoms with Crippen LogP contribution in [0.25, 0.3) is 22.0 Å². The number of pyridine rings is 1. The molecule has 0 aliphatic carbocycles. The second-order valence-corrected chi connectivity index (χ2v) is 5.76. The van der Waals surface area contributed by atoms with Crippen LogP contribution in [0.1, 0.15) is 5.56 Å². The van der Waals surface area contributed by atoms with Crippen molar-refractivity contribution in [2.75, 3.05) is 0 Å². The fraction of sp³-hybridized carbons (Fsp3) is 0.0455. The van der Waals surface area contributed by atoms with E-state index in [-0.39, 0.29) is 0 Å². The Morgan fingerprint density at radius 1 is 0.609 bits per heavy atom. The Bertz CT molecular complexity index is 942. The molecule has 0 fully saturated rings. The molecular weight excluding hydrogens is 278 g/mol. The van der Waals surface area contributed by atoms with Crippen LogP contribution in [0.15, 0.2) is 97.2 Å². The molecule has 0 radical (unpaired) electrons. The minimum Gasteiger partial charge on any atom is -0.194 e. The highest BCUT2D eigenvalue weighted by Gasteiger charge is 2.13. The van der Waals surface area contributed by atoms with E-state index in [0.717, 1.165) is 6.54 Å². The smallest absolute Gasteiger partial charge is 0.194 e. The minimum absolute atomic E-state index is 0.879. The summed E-state index contributed by atoms with van der Waals surface area (Å²) in [4.78, 5) is 0. The topological polar surface area (TPSA) is 3.88 Å². The molecule has 1 heteroatoms. The van der Waals surface area contributed by atoms with E-state index in [9.17, 15) is 0 Å². The summed E-state index contributed by atoms with van der Waals surface area (Å²) < 4.78 is 2.30. The number of aromatic nitrogens is 1. The highest BCUT2D eigenvalue weighted by Crippen LogP contribution is 2.22. The Kier molecular flexibility index (Phi) is 3.61. The largest absolute Gasteiger partial charge is 0.212 e. The molecule has 0 aliphatic heterocycles. The van der Waals surface area contributed by atoms with Gasteiger partial charge in [0.1, 0.15) is 0 Å². The molecule has 0 aliphatic rings. The molecule has 1 heterocycles. The van der Waals surface area contributed by atoms with Crippen LogP contribution in [0.3, 0.4) is 0 Å². The molecule has 110 valence electrons. The third-order valence-electron chi connectivity index (χ3n) is 4.18. The lowest BCUT2D eigenvalue weighted by molar-refractivity contribution is -0.677. The Morgan fingerprint density at radius 2 is 1.35 bits per heavy atom. The van der Waals surface area contributed by atoms with Crippen molar-refractivity contribution in [2.24, 2.45) is 0 Å². The average molecular weight is 296 g/mol. The van der Waals surface area contributed by atoms with Crippen LogP contribution >= 0.6 is 0 Å². The zero-order chi connectivity index (χ0) is 15.5. The molecule has 23 heavy (non-hydrogen) atoms. The van der Waals surface area contributed by atoms with E-state index < -0.39 is 0 Å². The van der Waals surface area contributed by atoms with Crippen molar-refractivity contribution in [1.82, 2.24) is 0 Å². The van der Waals surface area contributed by atoms with Gasteiger partial charge in [-0.1, -0.05) is 60.7 Å². The van der Waals surface area contributed by atoms with Gasteiger partial charge in [0, 0.05) is 23.3 Å². The first kappa shape index (κ1) is 13.7. The molecule has 1 nitrogen and oxygen atoms in total. The van der Waals surface area contributed by atoms with Gasteiger partial charge in [0.15, 0.2) is 12.7 Å². The maximum atomic E-state index is 2.30. The van der Waals surface area contributed by atoms with E-state index >= 15 is 0 Å². The van der Waals surface area contributed by atoms with E-state index in [1.165, 1.54) is 27.6 Å². The summed E-state index contributed by atoms with van der Waals surface area (Å²) >= 11 is 0. The first-order chi connectivity index (χ1) is 11.4. The van der Waals surface area contributed by atoms with Crippen molar-refractivity contribution in [3.63, 3.8) is 0 Å². The Morgan fingerprint density at radius 3 is 2.22 bits per heavy atom. The highest BCUT2D eigenvalue weighted by molar-refractivity contribution is 5.86. The first-order valence-corrected chi connectivity index (χ1v) is 7.92. The van der Waals surface area contributed by atoms with E-state index in [2.05, 4.69) is 102 Å². The standard InChI is InChI=1S/C22H18N/c1-2-8-18(9-3-1)17-23-15-7-6-12-22(23)21-14-13-19-10-4-5-11-20(19)16-21/h1-16H,17H2/q+1. The summed E-state index contributed by atoms with van der Waals surface area (Å²) in [6.07, 6.45) is 2.15. The van der Waals surface area contributed by atoms with Crippen molar-refractivity contribution in [2.45, 2.75) is 6.54 Å². The average Bonchev–Trinajstić information content (AvgIpc) is 2.63. The predicted octanol–water partition coefficient (Wildman–Crippen LogP) is 4.84. The first-order valence-electron chi connectivity index (χ1n) is 7.92. The number of fused-ring (bicyclic) bond motifs is 1. The fourth-order valence-electron chi connectivity index (χ4n) is 3.01. The van der Waals surface area contributed by atoms with Crippen molar-refractivity contribution in [3.05, 3.63) is 103 Å². The van der Waals surface area contributed by atoms with Crippen molar-refractivity contribution >= 4 is 10.8 Å². The molecule has 0 unspecified atom stereocenters. The summed E-state index contributed by atoms with van der Waals surface area (Å²) in [5.74, 6) is 0. The summed E-state index contributed by atoms with van der Waals surface area (Å²) in [6, 6.07) is 32.1. The molecule has 0 bridgehead atoms. The van der Waals surface area contributed by atoms with Crippen LogP contribution in [-0.2, 0) is 6.54 Å². The summed E-state index contributed by atoms with van der Waals surface area (Å²) in [5.41, 5.74) is 3.80. The minimum atomic E-state index is 0.879. The third-order valence-corrected chi connectivity index (χ3v) is 4.18. The van der Waals surface area contributed by atoms with E-state index in [1.807, 2.05) is 0 Å². The second-order valence-electron chi connectivity index (χ2n) is 5.76. The summed E-state index contributed by atoms with van der Waals surface area (Å²) in [7, 11) is 0. The van der Waals surface area contributed by atoms with E-state index in [4.69, 9.17) is 0 Å². The molecule has 0 amide bonds. The molecule has 4 aromatic rings. The molecule has 0 atom stereocenters. The van der Waals surface area contributed by atoms with Crippen molar-refractivity contribution in [3.8, 4) is 11.3 Å². The number of hydrogen-bond donors (Lipinski definition) is 0. The van der Waals surface area contributed by atoms with Gasteiger partial charge in [-0.15, -0.1) is 0 Å². The predicted molar refractivity (Wildman–Crippen MR) is 95.1 cm³/mol. The lowest BCUT2D eigenvalue weighted by Gasteiger charge is -2.06. The lowest BCUT2D eigenvalue weighted by atomic mass is 10.0. The molecule has 0 saturated heterocycles. The van der Waals surface area contributed by atoms with Crippen molar-refractivity contribution in [1.29, 1.82) is 0 Å². The zero-order valence-corrected chi connectivity index (χ0v) is 12.9. The molecule has 0 saturated carbocycles. The molecule has 3 aromatic carbocycles. The van der Waals surface area contributed by atoms with Gasteiger partial charge >= 0.3 is 0 Å². The maximum absolute atomic E-state index is 2.30. The number of nitrogens with zero attached hydrogens (tertiary/aromatic N) is 1. The molecule has 0 N–H and O–H groups in total. The van der Waals surface area contributed by atoms with E-state index in [0.29, 0.717) is 0 Å². The van der Waals surface area contributed by atoms with Gasteiger partial charge in [-0.2, -0.15) is 4.57 Å². The fourth-order valence-corrected chi connectivity index (χ4v) is 3.01. The van der Waals surface area contributed by atoms with Gasteiger partial charge < -0.3 is 0 Å². The van der Waals surface area contributed by atoms with Crippen LogP contribution in [-0.4, -0.2) is 0 Å². The van der Waals surface area contributed by atoms with Gasteiger partial charge in [0.05, 0.1) is 0 Å². The Labute approximate surface area is 136 Å².